The fourth-order valence-corrected chi connectivity index (χ4v) is 7.17. The maximum Gasteiger partial charge on any atom is 0.410 e. The second-order valence-electron chi connectivity index (χ2n) is 15.4. The molecule has 5 rings (SSSR count). The summed E-state index contributed by atoms with van der Waals surface area (Å²) in [6.07, 6.45) is 3.17. The van der Waals surface area contributed by atoms with Crippen molar-refractivity contribution in [2.24, 2.45) is 0 Å². The topological polar surface area (TPSA) is 102 Å². The minimum Gasteiger partial charge on any atom is -0.444 e. The summed E-state index contributed by atoms with van der Waals surface area (Å²) < 4.78 is 19.8. The van der Waals surface area contributed by atoms with E-state index in [1.54, 1.807) is 23.4 Å². The molecule has 2 aliphatic heterocycles. The number of rotatable bonds is 11. The number of halogens is 1. The molecular formula is C35H51ClN6O5Si. The molecule has 0 radical (unpaired) electrons. The summed E-state index contributed by atoms with van der Waals surface area (Å²) in [5.74, 6) is 0.195. The van der Waals surface area contributed by atoms with Crippen molar-refractivity contribution in [2.45, 2.75) is 96.7 Å². The number of hydrogen-bond donors (Lipinski definition) is 0. The molecule has 2 aliphatic rings. The minimum absolute atomic E-state index is 0.0439. The lowest BCUT2D eigenvalue weighted by atomic mass is 9.94. The summed E-state index contributed by atoms with van der Waals surface area (Å²) in [4.78, 5) is 43.1. The molecule has 0 saturated carbocycles. The molecule has 13 heteroatoms. The van der Waals surface area contributed by atoms with Crippen molar-refractivity contribution < 1.29 is 23.8 Å². The molecule has 2 aromatic heterocycles. The first-order valence-electron chi connectivity index (χ1n) is 16.9. The monoisotopic (exact) mass is 698 g/mol. The Bertz CT molecular complexity index is 1560. The molecule has 11 nitrogen and oxygen atoms in total. The van der Waals surface area contributed by atoms with E-state index in [1.165, 1.54) is 0 Å². The zero-order chi connectivity index (χ0) is 34.8. The van der Waals surface area contributed by atoms with Gasteiger partial charge in [0.1, 0.15) is 30.1 Å². The maximum absolute atomic E-state index is 14.5. The smallest absolute Gasteiger partial charge is 0.410 e. The third kappa shape index (κ3) is 8.69. The molecule has 4 heterocycles. The molecule has 3 aromatic rings. The highest BCUT2D eigenvalue weighted by Gasteiger charge is 2.43. The number of carbonyl (C=O) groups is 2. The number of aromatic nitrogens is 3. The van der Waals surface area contributed by atoms with Crippen molar-refractivity contribution in [2.75, 3.05) is 44.4 Å². The zero-order valence-electron chi connectivity index (χ0n) is 29.6. The Morgan fingerprint density at radius 3 is 2.33 bits per heavy atom. The normalized spacial score (nSPS) is 19.1. The fourth-order valence-electron chi connectivity index (χ4n) is 6.29. The highest BCUT2D eigenvalue weighted by molar-refractivity contribution is 6.76. The SMILES string of the molecule is CC(C)N(C[C@@H](C(=O)N1CC2COCC(C1)N2c1ncnc2c1ccn2COCC[Si](C)(C)C)c1ccc(Cl)cc1)C(=O)OC(C)(C)C. The van der Waals surface area contributed by atoms with Crippen LogP contribution in [0, 0.1) is 0 Å². The van der Waals surface area contributed by atoms with Gasteiger partial charge in [-0.2, -0.15) is 0 Å². The average molecular weight is 699 g/mol. The van der Waals surface area contributed by atoms with Gasteiger partial charge < -0.3 is 33.5 Å². The molecule has 0 spiro atoms. The van der Waals surface area contributed by atoms with Crippen molar-refractivity contribution in [3.05, 3.63) is 53.4 Å². The Kier molecular flexibility index (Phi) is 11.1. The van der Waals surface area contributed by atoms with Crippen LogP contribution >= 0.6 is 11.6 Å². The molecule has 2 saturated heterocycles. The Morgan fingerprint density at radius 1 is 1.06 bits per heavy atom. The number of hydrogen-bond acceptors (Lipinski definition) is 8. The molecule has 48 heavy (non-hydrogen) atoms. The summed E-state index contributed by atoms with van der Waals surface area (Å²) in [6.45, 7) is 19.6. The van der Waals surface area contributed by atoms with Crippen LogP contribution in [0.5, 0.6) is 0 Å². The van der Waals surface area contributed by atoms with Crippen molar-refractivity contribution in [1.82, 2.24) is 24.3 Å². The summed E-state index contributed by atoms with van der Waals surface area (Å²) in [5.41, 5.74) is 0.962. The predicted molar refractivity (Wildman–Crippen MR) is 191 cm³/mol. The quantitative estimate of drug-likeness (QED) is 0.171. The van der Waals surface area contributed by atoms with Gasteiger partial charge in [0, 0.05) is 51.6 Å². The molecule has 3 atom stereocenters. The van der Waals surface area contributed by atoms with Gasteiger partial charge in [0.25, 0.3) is 0 Å². The molecule has 262 valence electrons. The van der Waals surface area contributed by atoms with Gasteiger partial charge in [0.05, 0.1) is 36.6 Å². The van der Waals surface area contributed by atoms with E-state index in [0.717, 1.165) is 35.1 Å². The first kappa shape index (κ1) is 36.1. The van der Waals surface area contributed by atoms with Gasteiger partial charge in [-0.3, -0.25) is 4.79 Å². The van der Waals surface area contributed by atoms with Crippen LogP contribution in [0.3, 0.4) is 0 Å². The molecule has 2 amide bonds. The summed E-state index contributed by atoms with van der Waals surface area (Å²) in [5, 5.41) is 1.54. The third-order valence-electron chi connectivity index (χ3n) is 8.79. The fraction of sp³-hybridized carbons (Fsp3) is 0.600. The van der Waals surface area contributed by atoms with E-state index in [-0.39, 0.29) is 30.6 Å². The predicted octanol–water partition coefficient (Wildman–Crippen LogP) is 6.24. The van der Waals surface area contributed by atoms with E-state index in [0.29, 0.717) is 38.1 Å². The van der Waals surface area contributed by atoms with Crippen molar-refractivity contribution in [3.8, 4) is 0 Å². The van der Waals surface area contributed by atoms with E-state index in [1.807, 2.05) is 68.5 Å². The van der Waals surface area contributed by atoms with E-state index >= 15 is 0 Å². The van der Waals surface area contributed by atoms with Gasteiger partial charge in [0.2, 0.25) is 5.91 Å². The lowest BCUT2D eigenvalue weighted by Crippen LogP contribution is -2.66. The number of amides is 2. The summed E-state index contributed by atoms with van der Waals surface area (Å²) in [7, 11) is -1.18. The number of benzene rings is 1. The van der Waals surface area contributed by atoms with E-state index in [2.05, 4.69) is 29.5 Å². The summed E-state index contributed by atoms with van der Waals surface area (Å²) in [6, 6.07) is 10.1. The van der Waals surface area contributed by atoms with Gasteiger partial charge in [-0.1, -0.05) is 43.4 Å². The van der Waals surface area contributed by atoms with Crippen molar-refractivity contribution in [3.63, 3.8) is 0 Å². The highest BCUT2D eigenvalue weighted by atomic mass is 35.5. The molecule has 1 aromatic carbocycles. The largest absolute Gasteiger partial charge is 0.444 e. The molecular weight excluding hydrogens is 648 g/mol. The Hall–Kier alpha value is -3.19. The minimum atomic E-state index is -1.18. The lowest BCUT2D eigenvalue weighted by Gasteiger charge is -2.51. The van der Waals surface area contributed by atoms with Crippen LogP contribution in [-0.4, -0.2) is 108 Å². The van der Waals surface area contributed by atoms with Gasteiger partial charge in [-0.05, 0) is 64.4 Å². The number of nitrogens with zero attached hydrogens (tertiary/aromatic N) is 6. The van der Waals surface area contributed by atoms with Crippen LogP contribution in [-0.2, 0) is 25.7 Å². The maximum atomic E-state index is 14.5. The van der Waals surface area contributed by atoms with Gasteiger partial charge in [-0.15, -0.1) is 0 Å². The Balaban J connectivity index is 1.37. The van der Waals surface area contributed by atoms with Crippen LogP contribution < -0.4 is 4.90 Å². The molecule has 2 fully saturated rings. The van der Waals surface area contributed by atoms with Gasteiger partial charge >= 0.3 is 6.09 Å². The van der Waals surface area contributed by atoms with Gasteiger partial charge in [0.15, 0.2) is 0 Å². The highest BCUT2D eigenvalue weighted by Crippen LogP contribution is 2.34. The Morgan fingerprint density at radius 2 is 1.73 bits per heavy atom. The molecule has 2 bridgehead atoms. The van der Waals surface area contributed by atoms with Crippen molar-refractivity contribution in [1.29, 1.82) is 0 Å². The molecule has 0 aliphatic carbocycles. The number of anilines is 1. The summed E-state index contributed by atoms with van der Waals surface area (Å²) >= 11 is 6.24. The standard InChI is InChI=1S/C35H51ClN6O5Si/c1-24(2)41(34(44)47-35(3,4)5)19-30(25-9-11-26(36)12-10-25)33(43)40-17-27-20-46-21-28(18-40)42(27)32-29-13-14-39(31(29)37-22-38-32)23-45-15-16-48(6,7)8/h9-14,22,24,27-28,30H,15-21,23H2,1-8H3/t27?,28?,30-/m1/s1. The first-order valence-corrected chi connectivity index (χ1v) is 21.0. The number of fused-ring (bicyclic) bond motifs is 3. The third-order valence-corrected chi connectivity index (χ3v) is 10.7. The zero-order valence-corrected chi connectivity index (χ0v) is 31.4. The lowest BCUT2D eigenvalue weighted by molar-refractivity contribution is -0.136. The van der Waals surface area contributed by atoms with Gasteiger partial charge in [-0.25, -0.2) is 14.8 Å². The van der Waals surface area contributed by atoms with E-state index < -0.39 is 25.7 Å². The molecule has 0 N–H and O–H groups in total. The van der Waals surface area contributed by atoms with Crippen LogP contribution in [0.15, 0.2) is 42.9 Å². The van der Waals surface area contributed by atoms with Crippen LogP contribution in [0.4, 0.5) is 10.6 Å². The molecule has 2 unspecified atom stereocenters. The second-order valence-corrected chi connectivity index (χ2v) is 21.5. The van der Waals surface area contributed by atoms with Crippen molar-refractivity contribution >= 4 is 48.5 Å². The van der Waals surface area contributed by atoms with Crippen LogP contribution in [0.2, 0.25) is 30.7 Å². The number of ether oxygens (including phenoxy) is 3. The van der Waals surface area contributed by atoms with E-state index in [4.69, 9.17) is 30.8 Å². The average Bonchev–Trinajstić information content (AvgIpc) is 3.41. The first-order chi connectivity index (χ1) is 22.6. The van der Waals surface area contributed by atoms with E-state index in [9.17, 15) is 9.59 Å². The Labute approximate surface area is 290 Å². The number of piperazine rings is 1. The van der Waals surface area contributed by atoms with Crippen LogP contribution in [0.25, 0.3) is 11.0 Å². The van der Waals surface area contributed by atoms with Crippen LogP contribution in [0.1, 0.15) is 46.1 Å². The number of carbonyl (C=O) groups excluding carboxylic acids is 2. The second kappa shape index (κ2) is 14.7. The number of morpholine rings is 1.